The average Bonchev–Trinajstić information content (AvgIpc) is 2.83. The van der Waals surface area contributed by atoms with Crippen LogP contribution in [0, 0.1) is 5.92 Å². The van der Waals surface area contributed by atoms with Gasteiger partial charge in [-0.05, 0) is 55.7 Å². The van der Waals surface area contributed by atoms with Crippen molar-refractivity contribution >= 4 is 33.4 Å². The summed E-state index contributed by atoms with van der Waals surface area (Å²) in [4.78, 5) is 40.2. The smallest absolute Gasteiger partial charge is 0.243 e. The second-order valence-electron chi connectivity index (χ2n) is 8.19. The van der Waals surface area contributed by atoms with Crippen molar-refractivity contribution in [1.29, 1.82) is 0 Å². The van der Waals surface area contributed by atoms with Crippen LogP contribution in [0.15, 0.2) is 53.7 Å². The lowest BCUT2D eigenvalue weighted by molar-refractivity contribution is -0.131. The fourth-order valence-electron chi connectivity index (χ4n) is 3.66. The highest BCUT2D eigenvalue weighted by Gasteiger charge is 2.33. The highest BCUT2D eigenvalue weighted by Crippen LogP contribution is 2.25. The lowest BCUT2D eigenvalue weighted by Crippen LogP contribution is -2.49. The van der Waals surface area contributed by atoms with E-state index in [-0.39, 0.29) is 41.6 Å². The van der Waals surface area contributed by atoms with Gasteiger partial charge in [-0.1, -0.05) is 6.07 Å². The number of carbonyl (C=O) groups is 3. The lowest BCUT2D eigenvalue weighted by atomic mass is 9.97. The third-order valence-corrected chi connectivity index (χ3v) is 7.49. The number of nitrogens with one attached hydrogen (secondary N) is 3. The largest absolute Gasteiger partial charge is 0.350 e. The van der Waals surface area contributed by atoms with Gasteiger partial charge in [-0.25, -0.2) is 8.42 Å². The van der Waals surface area contributed by atoms with Gasteiger partial charge in [0, 0.05) is 50.6 Å². The van der Waals surface area contributed by atoms with E-state index in [4.69, 9.17) is 0 Å². The van der Waals surface area contributed by atoms with Crippen molar-refractivity contribution in [3.63, 3.8) is 0 Å². The first-order valence-corrected chi connectivity index (χ1v) is 12.5. The van der Waals surface area contributed by atoms with Crippen molar-refractivity contribution in [2.75, 3.05) is 18.4 Å². The van der Waals surface area contributed by atoms with Gasteiger partial charge in [-0.2, -0.15) is 4.31 Å². The number of anilines is 1. The Morgan fingerprint density at radius 3 is 2.38 bits per heavy atom. The Kier molecular flexibility index (Phi) is 8.35. The normalized spacial score (nSPS) is 15.8. The highest BCUT2D eigenvalue weighted by molar-refractivity contribution is 7.89. The summed E-state index contributed by atoms with van der Waals surface area (Å²) in [6, 6.07) is 8.88. The molecule has 0 bridgehead atoms. The number of carbonyl (C=O) groups excluding carboxylic acids is 3. The predicted molar refractivity (Wildman–Crippen MR) is 126 cm³/mol. The molecule has 1 aliphatic heterocycles. The van der Waals surface area contributed by atoms with E-state index in [2.05, 4.69) is 20.9 Å². The number of amides is 3. The van der Waals surface area contributed by atoms with Crippen molar-refractivity contribution in [1.82, 2.24) is 19.9 Å². The van der Waals surface area contributed by atoms with E-state index in [9.17, 15) is 22.8 Å². The highest BCUT2D eigenvalue weighted by atomic mass is 32.2. The van der Waals surface area contributed by atoms with E-state index in [1.807, 2.05) is 6.07 Å². The molecule has 1 fully saturated rings. The van der Waals surface area contributed by atoms with Gasteiger partial charge in [0.15, 0.2) is 0 Å². The van der Waals surface area contributed by atoms with E-state index in [1.165, 1.54) is 35.5 Å². The van der Waals surface area contributed by atoms with Crippen molar-refractivity contribution in [2.24, 2.45) is 5.92 Å². The van der Waals surface area contributed by atoms with Gasteiger partial charge in [0.1, 0.15) is 6.04 Å². The number of nitrogens with zero attached hydrogens (tertiary/aromatic N) is 2. The summed E-state index contributed by atoms with van der Waals surface area (Å²) in [7, 11) is -3.71. The van der Waals surface area contributed by atoms with Crippen LogP contribution in [-0.4, -0.2) is 54.6 Å². The van der Waals surface area contributed by atoms with Gasteiger partial charge in [0.2, 0.25) is 27.7 Å². The Bertz CT molecular complexity index is 1110. The minimum Gasteiger partial charge on any atom is -0.350 e. The van der Waals surface area contributed by atoms with Crippen molar-refractivity contribution in [3.05, 3.63) is 54.4 Å². The first-order chi connectivity index (χ1) is 16.2. The number of aromatic nitrogens is 1. The average molecular weight is 488 g/mol. The van der Waals surface area contributed by atoms with Crippen molar-refractivity contribution in [3.8, 4) is 0 Å². The minimum atomic E-state index is -3.71. The molecule has 0 radical (unpaired) electrons. The number of hydrogen-bond donors (Lipinski definition) is 3. The zero-order valence-electron chi connectivity index (χ0n) is 19.2. The molecule has 1 atom stereocenters. The van der Waals surface area contributed by atoms with Crippen LogP contribution >= 0.6 is 0 Å². The standard InChI is InChI=1S/C23H29N5O5S/c1-16(22(30)25-15-18-4-3-11-24-14-18)26-23(31)19-9-12-28(13-10-19)34(32,33)21-7-5-20(6-8-21)27-17(2)29/h3-8,11,14,16,19H,9-10,12-13,15H2,1-2H3,(H,25,30)(H,26,31)(H,27,29). The monoisotopic (exact) mass is 487 g/mol. The van der Waals surface area contributed by atoms with Crippen LogP contribution in [0.5, 0.6) is 0 Å². The zero-order valence-corrected chi connectivity index (χ0v) is 20.0. The summed E-state index contributed by atoms with van der Waals surface area (Å²) < 4.78 is 27.2. The fraction of sp³-hybridized carbons (Fsp3) is 0.391. The van der Waals surface area contributed by atoms with Crippen LogP contribution in [0.2, 0.25) is 0 Å². The van der Waals surface area contributed by atoms with E-state index in [1.54, 1.807) is 25.4 Å². The van der Waals surface area contributed by atoms with Crippen LogP contribution < -0.4 is 16.0 Å². The molecule has 0 aliphatic carbocycles. The quantitative estimate of drug-likeness (QED) is 0.513. The van der Waals surface area contributed by atoms with Crippen molar-refractivity contribution in [2.45, 2.75) is 44.2 Å². The molecule has 1 aromatic heterocycles. The van der Waals surface area contributed by atoms with Gasteiger partial charge < -0.3 is 16.0 Å². The van der Waals surface area contributed by atoms with Crippen molar-refractivity contribution < 1.29 is 22.8 Å². The molecule has 0 saturated carbocycles. The molecular formula is C23H29N5O5S. The second-order valence-corrected chi connectivity index (χ2v) is 10.1. The molecule has 10 nitrogen and oxygen atoms in total. The molecule has 182 valence electrons. The summed E-state index contributed by atoms with van der Waals surface area (Å²) in [6.45, 7) is 3.71. The van der Waals surface area contributed by atoms with Gasteiger partial charge in [0.05, 0.1) is 4.90 Å². The van der Waals surface area contributed by atoms with E-state index in [0.29, 0.717) is 25.1 Å². The zero-order chi connectivity index (χ0) is 24.7. The van der Waals surface area contributed by atoms with Crippen LogP contribution in [0.25, 0.3) is 0 Å². The second kappa shape index (κ2) is 11.2. The molecule has 3 rings (SSSR count). The number of sulfonamides is 1. The molecule has 0 spiro atoms. The lowest BCUT2D eigenvalue weighted by Gasteiger charge is -2.31. The van der Waals surface area contributed by atoms with Crippen LogP contribution in [0.4, 0.5) is 5.69 Å². The van der Waals surface area contributed by atoms with E-state index >= 15 is 0 Å². The third-order valence-electron chi connectivity index (χ3n) is 5.58. The molecule has 3 amide bonds. The molecule has 1 unspecified atom stereocenters. The first kappa shape index (κ1) is 25.3. The summed E-state index contributed by atoms with van der Waals surface area (Å²) in [5.41, 5.74) is 1.37. The molecule has 3 N–H and O–H groups in total. The number of benzene rings is 1. The van der Waals surface area contributed by atoms with E-state index < -0.39 is 16.1 Å². The van der Waals surface area contributed by atoms with Gasteiger partial charge in [-0.3, -0.25) is 19.4 Å². The maximum absolute atomic E-state index is 12.9. The van der Waals surface area contributed by atoms with E-state index in [0.717, 1.165) is 5.56 Å². The maximum Gasteiger partial charge on any atom is 0.243 e. The third kappa shape index (κ3) is 6.61. The summed E-state index contributed by atoms with van der Waals surface area (Å²) in [5, 5.41) is 8.08. The molecule has 1 saturated heterocycles. The first-order valence-electron chi connectivity index (χ1n) is 11.0. The molecule has 11 heteroatoms. The minimum absolute atomic E-state index is 0.128. The molecule has 34 heavy (non-hydrogen) atoms. The number of rotatable bonds is 8. The number of hydrogen-bond acceptors (Lipinski definition) is 6. The van der Waals surface area contributed by atoms with Gasteiger partial charge in [-0.15, -0.1) is 0 Å². The Hall–Kier alpha value is -3.31. The Balaban J connectivity index is 1.49. The van der Waals surface area contributed by atoms with Gasteiger partial charge in [0.25, 0.3) is 0 Å². The Morgan fingerprint density at radius 2 is 1.79 bits per heavy atom. The van der Waals surface area contributed by atoms with Crippen LogP contribution in [0.1, 0.15) is 32.3 Å². The summed E-state index contributed by atoms with van der Waals surface area (Å²) >= 11 is 0. The predicted octanol–water partition coefficient (Wildman–Crippen LogP) is 1.26. The number of piperidine rings is 1. The molecule has 2 heterocycles. The Morgan fingerprint density at radius 1 is 1.12 bits per heavy atom. The molecule has 2 aromatic rings. The fourth-order valence-corrected chi connectivity index (χ4v) is 5.13. The van der Waals surface area contributed by atoms with Crippen LogP contribution in [-0.2, 0) is 31.0 Å². The molecule has 1 aromatic carbocycles. The molecule has 1 aliphatic rings. The summed E-state index contributed by atoms with van der Waals surface area (Å²) in [5.74, 6) is -1.18. The number of pyridine rings is 1. The van der Waals surface area contributed by atoms with Gasteiger partial charge >= 0.3 is 0 Å². The summed E-state index contributed by atoms with van der Waals surface area (Å²) in [6.07, 6.45) is 4.02. The van der Waals surface area contributed by atoms with Crippen LogP contribution in [0.3, 0.4) is 0 Å². The maximum atomic E-state index is 12.9. The molecular weight excluding hydrogens is 458 g/mol. The topological polar surface area (TPSA) is 138 Å². The SMILES string of the molecule is CC(=O)Nc1ccc(S(=O)(=O)N2CCC(C(=O)NC(C)C(=O)NCc3cccnc3)CC2)cc1. The Labute approximate surface area is 199 Å².